The van der Waals surface area contributed by atoms with Gasteiger partial charge in [-0.1, -0.05) is 24.3 Å². The second-order valence-electron chi connectivity index (χ2n) is 10.2. The summed E-state index contributed by atoms with van der Waals surface area (Å²) in [5.74, 6) is -2.19. The monoisotopic (exact) mass is 506 g/mol. The number of ether oxygens (including phenoxy) is 3. The molecule has 36 heavy (non-hydrogen) atoms. The third-order valence-electron chi connectivity index (χ3n) is 4.79. The van der Waals surface area contributed by atoms with E-state index in [1.165, 1.54) is 0 Å². The third kappa shape index (κ3) is 9.76. The van der Waals surface area contributed by atoms with E-state index in [4.69, 9.17) is 14.2 Å². The van der Waals surface area contributed by atoms with Crippen LogP contribution in [0.2, 0.25) is 0 Å². The molecule has 0 aliphatic carbocycles. The predicted molar refractivity (Wildman–Crippen MR) is 125 cm³/mol. The molecule has 0 aliphatic rings. The van der Waals surface area contributed by atoms with Gasteiger partial charge in [0.25, 0.3) is 0 Å². The zero-order chi connectivity index (χ0) is 26.4. The largest absolute Gasteiger partial charge is 1.00 e. The van der Waals surface area contributed by atoms with Crippen LogP contribution in [0.25, 0.3) is 0 Å². The average molecular weight is 507 g/mol. The van der Waals surface area contributed by atoms with Crippen LogP contribution >= 0.6 is 0 Å². The molecule has 0 fully saturated rings. The molecule has 0 aromatic heterocycles. The van der Waals surface area contributed by atoms with E-state index < -0.39 is 47.2 Å². The molecule has 2 aromatic rings. The molecule has 0 N–H and O–H groups in total. The molecule has 0 aliphatic heterocycles. The summed E-state index contributed by atoms with van der Waals surface area (Å²) < 4.78 is 16.3. The van der Waals surface area contributed by atoms with Gasteiger partial charge in [-0.3, -0.25) is 14.4 Å². The molecule has 0 saturated carbocycles. The van der Waals surface area contributed by atoms with Gasteiger partial charge in [0.2, 0.25) is 0 Å². The quantitative estimate of drug-likeness (QED) is 0.293. The summed E-state index contributed by atoms with van der Waals surface area (Å²) in [5, 5.41) is 10.7. The molecule has 2 aromatic carbocycles. The Balaban J connectivity index is 0.00000648. The minimum atomic E-state index is -1.35. The maximum absolute atomic E-state index is 12.3. The van der Waals surface area contributed by atoms with Gasteiger partial charge >= 0.3 is 47.5 Å². The van der Waals surface area contributed by atoms with Crippen LogP contribution < -0.4 is 44.1 Å². The number of benzene rings is 2. The molecule has 0 spiro atoms. The van der Waals surface area contributed by atoms with E-state index in [0.717, 1.165) is 0 Å². The smallest absolute Gasteiger partial charge is 0.550 e. The minimum Gasteiger partial charge on any atom is -0.550 e. The van der Waals surface area contributed by atoms with Gasteiger partial charge in [-0.15, -0.1) is 0 Å². The SMILES string of the molecule is CC(C)(C)C(=O)Oc1ccc(C(OC(=O)CCC(=O)[O-])c2ccc(OC(=O)C(C)(C)C)cc2)cc1.[Na+]. The first-order valence-electron chi connectivity index (χ1n) is 11.2. The Labute approximate surface area is 233 Å². The summed E-state index contributed by atoms with van der Waals surface area (Å²) in [7, 11) is 0. The maximum Gasteiger partial charge on any atom is 1.00 e. The van der Waals surface area contributed by atoms with Gasteiger partial charge in [-0.25, -0.2) is 0 Å². The molecule has 0 radical (unpaired) electrons. The maximum atomic E-state index is 12.3. The molecule has 9 heteroatoms. The molecule has 0 bridgehead atoms. The van der Waals surface area contributed by atoms with E-state index >= 15 is 0 Å². The number of rotatable bonds is 8. The van der Waals surface area contributed by atoms with Gasteiger partial charge in [0.15, 0.2) is 6.10 Å². The van der Waals surface area contributed by atoms with Crippen molar-refractivity contribution in [3.63, 3.8) is 0 Å². The molecular formula is C27H31NaO8. The summed E-state index contributed by atoms with van der Waals surface area (Å²) in [5.41, 5.74) is -0.203. The number of esters is 3. The van der Waals surface area contributed by atoms with Crippen LogP contribution in [0.5, 0.6) is 11.5 Å². The van der Waals surface area contributed by atoms with Gasteiger partial charge < -0.3 is 24.1 Å². The Kier molecular flexibility index (Phi) is 11.4. The standard InChI is InChI=1S/C27H32O8.Na/c1-26(2,3)24(31)33-19-11-7-17(8-12-19)23(35-22(30)16-15-21(28)29)18-9-13-20(14-10-18)34-25(32)27(4,5)6;/h7-14,23H,15-16H2,1-6H3,(H,28,29);/q;+1/p-1. The average Bonchev–Trinajstić information content (AvgIpc) is 2.76. The van der Waals surface area contributed by atoms with Gasteiger partial charge in [0, 0.05) is 5.97 Å². The zero-order valence-corrected chi connectivity index (χ0v) is 23.9. The van der Waals surface area contributed by atoms with Crippen LogP contribution in [-0.4, -0.2) is 23.9 Å². The molecule has 188 valence electrons. The van der Waals surface area contributed by atoms with Gasteiger partial charge in [0.05, 0.1) is 17.3 Å². The Morgan fingerprint density at radius 3 is 1.36 bits per heavy atom. The number of hydrogen-bond donors (Lipinski definition) is 0. The number of carbonyl (C=O) groups is 4. The van der Waals surface area contributed by atoms with E-state index in [9.17, 15) is 24.3 Å². The number of carboxylic acids is 1. The molecular weight excluding hydrogens is 475 g/mol. The fourth-order valence-electron chi connectivity index (χ4n) is 2.66. The Morgan fingerprint density at radius 2 is 1.06 bits per heavy atom. The Morgan fingerprint density at radius 1 is 0.694 bits per heavy atom. The fourth-order valence-corrected chi connectivity index (χ4v) is 2.66. The first-order valence-corrected chi connectivity index (χ1v) is 11.2. The van der Waals surface area contributed by atoms with E-state index in [1.54, 1.807) is 90.1 Å². The first-order chi connectivity index (χ1) is 16.2. The topological polar surface area (TPSA) is 119 Å². The second-order valence-corrected chi connectivity index (χ2v) is 10.2. The summed E-state index contributed by atoms with van der Waals surface area (Å²) in [6.45, 7) is 10.5. The zero-order valence-electron chi connectivity index (χ0n) is 21.9. The first kappa shape index (κ1) is 31.4. The van der Waals surface area contributed by atoms with Gasteiger partial charge in [-0.05, 0) is 83.4 Å². The summed E-state index contributed by atoms with van der Waals surface area (Å²) >= 11 is 0. The predicted octanol–water partition coefficient (Wildman–Crippen LogP) is 0.756. The molecule has 2 rings (SSSR count). The van der Waals surface area contributed by atoms with E-state index in [-0.39, 0.29) is 36.0 Å². The van der Waals surface area contributed by atoms with Crippen LogP contribution in [0.3, 0.4) is 0 Å². The number of aliphatic carboxylic acids is 1. The minimum absolute atomic E-state index is 0. The van der Waals surface area contributed by atoms with Crippen molar-refractivity contribution < 1.29 is 68.1 Å². The molecule has 0 unspecified atom stereocenters. The third-order valence-corrected chi connectivity index (χ3v) is 4.79. The molecule has 0 amide bonds. The van der Waals surface area contributed by atoms with Crippen molar-refractivity contribution in [2.24, 2.45) is 10.8 Å². The normalized spacial score (nSPS) is 11.3. The summed E-state index contributed by atoms with van der Waals surface area (Å²) in [6, 6.07) is 12.9. The van der Waals surface area contributed by atoms with Gasteiger partial charge in [0.1, 0.15) is 11.5 Å². The molecule has 0 saturated heterocycles. The van der Waals surface area contributed by atoms with Crippen molar-refractivity contribution >= 4 is 23.9 Å². The number of carbonyl (C=O) groups excluding carboxylic acids is 4. The van der Waals surface area contributed by atoms with Crippen LogP contribution in [0, 0.1) is 10.8 Å². The molecule has 8 nitrogen and oxygen atoms in total. The number of hydrogen-bond acceptors (Lipinski definition) is 8. The van der Waals surface area contributed by atoms with Crippen molar-refractivity contribution in [2.45, 2.75) is 60.5 Å². The van der Waals surface area contributed by atoms with Crippen molar-refractivity contribution in [1.29, 1.82) is 0 Å². The van der Waals surface area contributed by atoms with Crippen molar-refractivity contribution in [2.75, 3.05) is 0 Å². The summed E-state index contributed by atoms with van der Waals surface area (Å²) in [4.78, 5) is 47.3. The van der Waals surface area contributed by atoms with Crippen LogP contribution in [-0.2, 0) is 23.9 Å². The Bertz CT molecular complexity index is 989. The molecule has 0 atom stereocenters. The van der Waals surface area contributed by atoms with E-state index in [0.29, 0.717) is 22.6 Å². The van der Waals surface area contributed by atoms with Crippen molar-refractivity contribution in [3.05, 3.63) is 59.7 Å². The van der Waals surface area contributed by atoms with E-state index in [2.05, 4.69) is 0 Å². The van der Waals surface area contributed by atoms with Crippen LogP contribution in [0.15, 0.2) is 48.5 Å². The number of carboxylic acid groups (broad SMARTS) is 1. The van der Waals surface area contributed by atoms with Crippen LogP contribution in [0.4, 0.5) is 0 Å². The van der Waals surface area contributed by atoms with Gasteiger partial charge in [-0.2, -0.15) is 0 Å². The fraction of sp³-hybridized carbons (Fsp3) is 0.407. The molecule has 0 heterocycles. The van der Waals surface area contributed by atoms with Crippen molar-refractivity contribution in [3.8, 4) is 11.5 Å². The second kappa shape index (κ2) is 13.0. The van der Waals surface area contributed by atoms with Crippen molar-refractivity contribution in [1.82, 2.24) is 0 Å². The van der Waals surface area contributed by atoms with Crippen LogP contribution in [0.1, 0.15) is 71.6 Å². The Hall–Kier alpha value is -2.68. The summed E-state index contributed by atoms with van der Waals surface area (Å²) in [6.07, 6.45) is -1.68. The van der Waals surface area contributed by atoms with E-state index in [1.807, 2.05) is 0 Å².